The lowest BCUT2D eigenvalue weighted by atomic mass is 10.1. The molecule has 6 nitrogen and oxygen atoms in total. The second kappa shape index (κ2) is 8.17. The van der Waals surface area contributed by atoms with Gasteiger partial charge in [-0.05, 0) is 24.1 Å². The number of benzene rings is 1. The van der Waals surface area contributed by atoms with Crippen LogP contribution >= 0.6 is 11.6 Å². The van der Waals surface area contributed by atoms with Crippen LogP contribution in [0.25, 0.3) is 0 Å². The highest BCUT2D eigenvalue weighted by molar-refractivity contribution is 6.31. The zero-order chi connectivity index (χ0) is 16.8. The molecule has 126 valence electrons. The first-order valence-corrected chi connectivity index (χ1v) is 7.97. The molecule has 2 rings (SSSR count). The van der Waals surface area contributed by atoms with E-state index in [2.05, 4.69) is 10.6 Å². The summed E-state index contributed by atoms with van der Waals surface area (Å²) in [5, 5.41) is 5.88. The first kappa shape index (κ1) is 17.6. The summed E-state index contributed by atoms with van der Waals surface area (Å²) in [6.07, 6.45) is 0.288. The van der Waals surface area contributed by atoms with E-state index < -0.39 is 0 Å². The second-order valence-corrected chi connectivity index (χ2v) is 5.94. The lowest BCUT2D eigenvalue weighted by molar-refractivity contribution is -0.138. The van der Waals surface area contributed by atoms with Crippen molar-refractivity contribution >= 4 is 23.5 Å². The number of hydrogen-bond acceptors (Lipinski definition) is 3. The maximum atomic E-state index is 12.6. The van der Waals surface area contributed by atoms with E-state index in [9.17, 15) is 9.59 Å². The van der Waals surface area contributed by atoms with Gasteiger partial charge in [0.05, 0.1) is 25.7 Å². The monoisotopic (exact) mass is 339 g/mol. The minimum Gasteiger partial charge on any atom is -0.377 e. The predicted molar refractivity (Wildman–Crippen MR) is 88.7 cm³/mol. The summed E-state index contributed by atoms with van der Waals surface area (Å²) < 4.78 is 5.43. The average molecular weight is 340 g/mol. The number of morpholine rings is 1. The fourth-order valence-electron chi connectivity index (χ4n) is 2.47. The fraction of sp³-hybridized carbons (Fsp3) is 0.500. The first-order chi connectivity index (χ1) is 11.0. The van der Waals surface area contributed by atoms with Gasteiger partial charge in [-0.1, -0.05) is 23.7 Å². The highest BCUT2D eigenvalue weighted by Gasteiger charge is 2.27. The first-order valence-electron chi connectivity index (χ1n) is 7.59. The van der Waals surface area contributed by atoms with Crippen LogP contribution in [0.5, 0.6) is 0 Å². The molecule has 1 aromatic carbocycles. The average Bonchev–Trinajstić information content (AvgIpc) is 2.56. The number of aryl methyl sites for hydroxylation is 1. The summed E-state index contributed by atoms with van der Waals surface area (Å²) in [7, 11) is 1.55. The van der Waals surface area contributed by atoms with Gasteiger partial charge in [-0.15, -0.1) is 0 Å². The normalized spacial score (nSPS) is 17.7. The molecular weight excluding hydrogens is 318 g/mol. The van der Waals surface area contributed by atoms with Crippen LogP contribution in [0.2, 0.25) is 5.02 Å². The van der Waals surface area contributed by atoms with Crippen LogP contribution in [0.1, 0.15) is 11.1 Å². The molecule has 7 heteroatoms. The summed E-state index contributed by atoms with van der Waals surface area (Å²) >= 11 is 6.11. The van der Waals surface area contributed by atoms with E-state index >= 15 is 0 Å². The largest absolute Gasteiger partial charge is 0.377 e. The number of halogens is 1. The van der Waals surface area contributed by atoms with E-state index in [0.29, 0.717) is 31.3 Å². The van der Waals surface area contributed by atoms with Crippen LogP contribution in [0.4, 0.5) is 4.79 Å². The summed E-state index contributed by atoms with van der Waals surface area (Å²) in [5.74, 6) is 0.0110. The summed E-state index contributed by atoms with van der Waals surface area (Å²) in [5.41, 5.74) is 1.87. The molecule has 2 N–H and O–H groups in total. The topological polar surface area (TPSA) is 70.7 Å². The Kier molecular flexibility index (Phi) is 6.24. The molecule has 1 heterocycles. The van der Waals surface area contributed by atoms with Crippen molar-refractivity contribution in [3.8, 4) is 0 Å². The highest BCUT2D eigenvalue weighted by atomic mass is 35.5. The van der Waals surface area contributed by atoms with Gasteiger partial charge in [0.1, 0.15) is 0 Å². The van der Waals surface area contributed by atoms with E-state index in [4.69, 9.17) is 16.3 Å². The Labute approximate surface area is 141 Å². The molecule has 23 heavy (non-hydrogen) atoms. The van der Waals surface area contributed by atoms with Crippen molar-refractivity contribution < 1.29 is 14.3 Å². The van der Waals surface area contributed by atoms with Gasteiger partial charge >= 0.3 is 6.03 Å². The molecule has 1 unspecified atom stereocenters. The summed E-state index contributed by atoms with van der Waals surface area (Å²) in [6.45, 7) is 3.75. The fourth-order valence-corrected chi connectivity index (χ4v) is 2.68. The third-order valence-corrected chi connectivity index (χ3v) is 4.27. The molecule has 0 aliphatic carbocycles. The molecule has 3 amide bonds. The number of amides is 3. The molecule has 0 spiro atoms. The van der Waals surface area contributed by atoms with Crippen molar-refractivity contribution in [2.45, 2.75) is 19.4 Å². The number of carbonyl (C=O) groups excluding carboxylic acids is 2. The van der Waals surface area contributed by atoms with Crippen molar-refractivity contribution in [3.05, 3.63) is 34.3 Å². The maximum absolute atomic E-state index is 12.6. The van der Waals surface area contributed by atoms with Crippen LogP contribution in [0.3, 0.4) is 0 Å². The van der Waals surface area contributed by atoms with Crippen LogP contribution in [0.15, 0.2) is 18.2 Å². The van der Waals surface area contributed by atoms with Crippen LogP contribution in [-0.4, -0.2) is 56.2 Å². The zero-order valence-electron chi connectivity index (χ0n) is 13.4. The third kappa shape index (κ3) is 4.84. The van der Waals surface area contributed by atoms with Crippen molar-refractivity contribution in [1.82, 2.24) is 15.5 Å². The van der Waals surface area contributed by atoms with Crippen molar-refractivity contribution in [3.63, 3.8) is 0 Å². The molecule has 1 atom stereocenters. The lowest BCUT2D eigenvalue weighted by Gasteiger charge is -2.35. The summed E-state index contributed by atoms with van der Waals surface area (Å²) in [6, 6.07) is 5.22. The van der Waals surface area contributed by atoms with E-state index in [1.165, 1.54) is 0 Å². The molecule has 1 aromatic rings. The zero-order valence-corrected chi connectivity index (χ0v) is 14.2. The molecule has 1 aliphatic rings. The number of nitrogens with one attached hydrogen (secondary N) is 2. The summed E-state index contributed by atoms with van der Waals surface area (Å²) in [4.78, 5) is 25.7. The molecular formula is C16H22ClN3O3. The molecule has 1 fully saturated rings. The number of ether oxygens (including phenoxy) is 1. The minimum absolute atomic E-state index is 0.0110. The van der Waals surface area contributed by atoms with Gasteiger partial charge < -0.3 is 20.3 Å². The van der Waals surface area contributed by atoms with Crippen LogP contribution < -0.4 is 10.6 Å². The van der Waals surface area contributed by atoms with E-state index in [-0.39, 0.29) is 24.4 Å². The van der Waals surface area contributed by atoms with Crippen molar-refractivity contribution in [2.75, 3.05) is 33.4 Å². The third-order valence-electron chi connectivity index (χ3n) is 3.86. The Balaban J connectivity index is 1.99. The molecule has 1 aliphatic heterocycles. The second-order valence-electron chi connectivity index (χ2n) is 5.54. The minimum atomic E-state index is -0.270. The SMILES string of the molecule is CNC(=O)NCC1COCCN1C(=O)Cc1ccc(C)c(Cl)c1. The number of carbonyl (C=O) groups is 2. The van der Waals surface area contributed by atoms with Crippen LogP contribution in [-0.2, 0) is 16.0 Å². The van der Waals surface area contributed by atoms with Gasteiger partial charge in [0.15, 0.2) is 0 Å². The lowest BCUT2D eigenvalue weighted by Crippen LogP contribution is -2.54. The van der Waals surface area contributed by atoms with E-state index in [1.807, 2.05) is 25.1 Å². The van der Waals surface area contributed by atoms with Gasteiger partial charge in [0.25, 0.3) is 0 Å². The van der Waals surface area contributed by atoms with Crippen LogP contribution in [0, 0.1) is 6.92 Å². The molecule has 0 radical (unpaired) electrons. The van der Waals surface area contributed by atoms with E-state index in [1.54, 1.807) is 11.9 Å². The van der Waals surface area contributed by atoms with Gasteiger partial charge in [0, 0.05) is 25.2 Å². The number of rotatable bonds is 4. The number of urea groups is 1. The Bertz CT molecular complexity index is 580. The van der Waals surface area contributed by atoms with Crippen molar-refractivity contribution in [1.29, 1.82) is 0 Å². The molecule has 0 bridgehead atoms. The number of hydrogen-bond donors (Lipinski definition) is 2. The maximum Gasteiger partial charge on any atom is 0.314 e. The number of nitrogens with zero attached hydrogens (tertiary/aromatic N) is 1. The Morgan fingerprint density at radius 3 is 2.91 bits per heavy atom. The van der Waals surface area contributed by atoms with Gasteiger partial charge in [-0.3, -0.25) is 4.79 Å². The van der Waals surface area contributed by atoms with Gasteiger partial charge in [0.2, 0.25) is 5.91 Å². The quantitative estimate of drug-likeness (QED) is 0.870. The molecule has 0 aromatic heterocycles. The standard InChI is InChI=1S/C16H22ClN3O3/c1-11-3-4-12(7-14(11)17)8-15(21)20-5-6-23-10-13(20)9-19-16(22)18-2/h3-4,7,13H,5-6,8-10H2,1-2H3,(H2,18,19,22). The smallest absolute Gasteiger partial charge is 0.314 e. The van der Waals surface area contributed by atoms with Crippen molar-refractivity contribution in [2.24, 2.45) is 0 Å². The van der Waals surface area contributed by atoms with Gasteiger partial charge in [-0.25, -0.2) is 4.79 Å². The molecule has 1 saturated heterocycles. The van der Waals surface area contributed by atoms with E-state index in [0.717, 1.165) is 11.1 Å². The Morgan fingerprint density at radius 2 is 2.22 bits per heavy atom. The van der Waals surface area contributed by atoms with Gasteiger partial charge in [-0.2, -0.15) is 0 Å². The molecule has 0 saturated carbocycles. The highest BCUT2D eigenvalue weighted by Crippen LogP contribution is 2.18. The predicted octanol–water partition coefficient (Wildman–Crippen LogP) is 1.35. The Morgan fingerprint density at radius 1 is 1.43 bits per heavy atom. The Hall–Kier alpha value is -1.79.